The molecule has 0 saturated heterocycles. The molecular weight excluding hydrogens is 416 g/mol. The Balaban J connectivity index is 1.43. The lowest BCUT2D eigenvalue weighted by Gasteiger charge is -2.31. The molecule has 1 aliphatic heterocycles. The van der Waals surface area contributed by atoms with E-state index in [1.165, 1.54) is 0 Å². The van der Waals surface area contributed by atoms with Gasteiger partial charge in [0.2, 0.25) is 0 Å². The van der Waals surface area contributed by atoms with Crippen molar-refractivity contribution in [2.45, 2.75) is 0 Å². The van der Waals surface area contributed by atoms with Crippen molar-refractivity contribution < 1.29 is 14.2 Å². The molecule has 2 heterocycles. The zero-order valence-electron chi connectivity index (χ0n) is 18.3. The first-order valence-corrected chi connectivity index (χ1v) is 10.7. The molecule has 3 aromatic carbocycles. The number of nitrogens with zero attached hydrogens (tertiary/aromatic N) is 3. The van der Waals surface area contributed by atoms with Gasteiger partial charge in [0, 0.05) is 12.2 Å². The Hall–Kier alpha value is -4.26. The number of anilines is 3. The number of ether oxygens (including phenoxy) is 3. The summed E-state index contributed by atoms with van der Waals surface area (Å²) in [5.41, 5.74) is 2.72. The number of hydrogen-bond acceptors (Lipinski definition) is 7. The van der Waals surface area contributed by atoms with E-state index in [9.17, 15) is 0 Å². The minimum Gasteiger partial charge on any atom is -0.493 e. The highest BCUT2D eigenvalue weighted by Crippen LogP contribution is 2.41. The number of benzene rings is 3. The molecule has 166 valence electrons. The summed E-state index contributed by atoms with van der Waals surface area (Å²) in [6.07, 6.45) is 3.45. The number of aromatic nitrogens is 2. The van der Waals surface area contributed by atoms with Crippen LogP contribution in [0.4, 0.5) is 17.2 Å². The molecule has 0 unspecified atom stereocenters. The second-order valence-corrected chi connectivity index (χ2v) is 7.52. The molecule has 1 N–H and O–H groups in total. The number of rotatable bonds is 7. The molecule has 7 nitrogen and oxygen atoms in total. The Morgan fingerprint density at radius 1 is 1.06 bits per heavy atom. The molecule has 33 heavy (non-hydrogen) atoms. The lowest BCUT2D eigenvalue weighted by atomic mass is 10.1. The number of hydrogen-bond donors (Lipinski definition) is 1. The van der Waals surface area contributed by atoms with Gasteiger partial charge in [-0.05, 0) is 48.5 Å². The van der Waals surface area contributed by atoms with Crippen LogP contribution in [0.15, 0.2) is 79.6 Å². The quantitative estimate of drug-likeness (QED) is 0.377. The normalized spacial score (nSPS) is 12.6. The largest absolute Gasteiger partial charge is 0.493 e. The summed E-state index contributed by atoms with van der Waals surface area (Å²) in [6, 6.07) is 19.3. The van der Waals surface area contributed by atoms with Crippen LogP contribution in [0, 0.1) is 0 Å². The van der Waals surface area contributed by atoms with Gasteiger partial charge in [-0.3, -0.25) is 0 Å². The fourth-order valence-corrected chi connectivity index (χ4v) is 3.90. The van der Waals surface area contributed by atoms with E-state index in [-0.39, 0.29) is 0 Å². The number of nitrogens with one attached hydrogen (secondary N) is 1. The predicted octanol–water partition coefficient (Wildman–Crippen LogP) is 5.56. The molecule has 0 bridgehead atoms. The van der Waals surface area contributed by atoms with Gasteiger partial charge in [0.05, 0.1) is 30.2 Å². The minimum atomic E-state index is 0.600. The molecule has 7 heteroatoms. The van der Waals surface area contributed by atoms with Gasteiger partial charge in [0.25, 0.3) is 0 Å². The molecule has 0 aliphatic carbocycles. The highest BCUT2D eigenvalue weighted by Gasteiger charge is 2.22. The van der Waals surface area contributed by atoms with E-state index in [1.807, 2.05) is 66.7 Å². The Labute approximate surface area is 192 Å². The standard InChI is InChI=1S/C26H24N4O3/c1-3-14-30-15-16-32-25-21(30)13-12-20-24(25)26(28-17-27-20)29-18-8-10-19(11-9-18)33-23-7-5-4-6-22(23)31-2/h3-13,17H,1,14-16H2,2H3,(H,27,28,29). The van der Waals surface area contributed by atoms with Crippen LogP contribution in [0.1, 0.15) is 0 Å². The predicted molar refractivity (Wildman–Crippen MR) is 130 cm³/mol. The minimum absolute atomic E-state index is 0.600. The van der Waals surface area contributed by atoms with E-state index in [2.05, 4.69) is 26.8 Å². The van der Waals surface area contributed by atoms with Gasteiger partial charge in [-0.1, -0.05) is 18.2 Å². The lowest BCUT2D eigenvalue weighted by Crippen LogP contribution is -2.32. The molecule has 0 amide bonds. The van der Waals surface area contributed by atoms with Crippen molar-refractivity contribution in [3.8, 4) is 23.0 Å². The Bertz CT molecular complexity index is 1290. The van der Waals surface area contributed by atoms with Gasteiger partial charge in [-0.25, -0.2) is 9.97 Å². The van der Waals surface area contributed by atoms with Crippen molar-refractivity contribution in [3.63, 3.8) is 0 Å². The average molecular weight is 441 g/mol. The molecule has 1 aromatic heterocycles. The Morgan fingerprint density at radius 2 is 1.88 bits per heavy atom. The van der Waals surface area contributed by atoms with E-state index < -0.39 is 0 Å². The van der Waals surface area contributed by atoms with E-state index in [0.29, 0.717) is 29.7 Å². The van der Waals surface area contributed by atoms with Crippen LogP contribution in [0.25, 0.3) is 10.9 Å². The topological polar surface area (TPSA) is 68.7 Å². The highest BCUT2D eigenvalue weighted by atomic mass is 16.5. The summed E-state index contributed by atoms with van der Waals surface area (Å²) >= 11 is 0. The molecule has 0 fully saturated rings. The van der Waals surface area contributed by atoms with Crippen molar-refractivity contribution in [3.05, 3.63) is 79.6 Å². The lowest BCUT2D eigenvalue weighted by molar-refractivity contribution is 0.313. The molecule has 0 saturated carbocycles. The number of para-hydroxylation sites is 2. The second kappa shape index (κ2) is 9.08. The molecule has 4 aromatic rings. The third-order valence-electron chi connectivity index (χ3n) is 5.45. The Morgan fingerprint density at radius 3 is 2.67 bits per heavy atom. The summed E-state index contributed by atoms with van der Waals surface area (Å²) in [4.78, 5) is 11.2. The van der Waals surface area contributed by atoms with Gasteiger partial charge in [-0.15, -0.1) is 6.58 Å². The smallest absolute Gasteiger partial charge is 0.169 e. The maximum Gasteiger partial charge on any atom is 0.169 e. The van der Waals surface area contributed by atoms with Crippen LogP contribution < -0.4 is 24.4 Å². The van der Waals surface area contributed by atoms with E-state index in [4.69, 9.17) is 14.2 Å². The maximum absolute atomic E-state index is 6.07. The molecule has 0 atom stereocenters. The van der Waals surface area contributed by atoms with Crippen LogP contribution in [-0.2, 0) is 0 Å². The first-order valence-electron chi connectivity index (χ1n) is 10.7. The van der Waals surface area contributed by atoms with Crippen LogP contribution in [-0.4, -0.2) is 36.8 Å². The fourth-order valence-electron chi connectivity index (χ4n) is 3.90. The van der Waals surface area contributed by atoms with E-state index in [1.54, 1.807) is 13.4 Å². The maximum atomic E-state index is 6.07. The van der Waals surface area contributed by atoms with Crippen molar-refractivity contribution in [2.24, 2.45) is 0 Å². The van der Waals surface area contributed by atoms with Crippen molar-refractivity contribution in [1.82, 2.24) is 9.97 Å². The monoisotopic (exact) mass is 440 g/mol. The SMILES string of the molecule is C=CCN1CCOc2c1ccc1ncnc(Nc3ccc(Oc4ccccc4OC)cc3)c21. The van der Waals surface area contributed by atoms with Gasteiger partial charge < -0.3 is 24.4 Å². The second-order valence-electron chi connectivity index (χ2n) is 7.52. The highest BCUT2D eigenvalue weighted by molar-refractivity contribution is 6.00. The summed E-state index contributed by atoms with van der Waals surface area (Å²) in [7, 11) is 1.63. The Kier molecular flexibility index (Phi) is 5.68. The first kappa shape index (κ1) is 20.6. The van der Waals surface area contributed by atoms with Crippen LogP contribution >= 0.6 is 0 Å². The summed E-state index contributed by atoms with van der Waals surface area (Å²) in [5.74, 6) is 3.53. The molecule has 0 radical (unpaired) electrons. The summed E-state index contributed by atoms with van der Waals surface area (Å²) < 4.78 is 17.4. The molecule has 0 spiro atoms. The number of methoxy groups -OCH3 is 1. The summed E-state index contributed by atoms with van der Waals surface area (Å²) in [5, 5.41) is 4.27. The van der Waals surface area contributed by atoms with E-state index in [0.717, 1.165) is 41.1 Å². The zero-order chi connectivity index (χ0) is 22.6. The molecule has 5 rings (SSSR count). The van der Waals surface area contributed by atoms with Crippen LogP contribution in [0.3, 0.4) is 0 Å². The number of fused-ring (bicyclic) bond motifs is 3. The van der Waals surface area contributed by atoms with Crippen LogP contribution in [0.5, 0.6) is 23.0 Å². The van der Waals surface area contributed by atoms with Gasteiger partial charge in [0.1, 0.15) is 24.5 Å². The fraction of sp³-hybridized carbons (Fsp3) is 0.154. The van der Waals surface area contributed by atoms with Crippen molar-refractivity contribution in [2.75, 3.05) is 37.0 Å². The third-order valence-corrected chi connectivity index (χ3v) is 5.45. The van der Waals surface area contributed by atoms with Crippen molar-refractivity contribution in [1.29, 1.82) is 0 Å². The van der Waals surface area contributed by atoms with Crippen molar-refractivity contribution >= 4 is 28.1 Å². The first-order chi connectivity index (χ1) is 16.3. The molecular formula is C26H24N4O3. The molecule has 1 aliphatic rings. The average Bonchev–Trinajstić information content (AvgIpc) is 2.86. The zero-order valence-corrected chi connectivity index (χ0v) is 18.3. The third kappa shape index (κ3) is 4.13. The van der Waals surface area contributed by atoms with Gasteiger partial charge >= 0.3 is 0 Å². The van der Waals surface area contributed by atoms with E-state index >= 15 is 0 Å². The summed E-state index contributed by atoms with van der Waals surface area (Å²) in [6.45, 7) is 6.04. The van der Waals surface area contributed by atoms with Crippen LogP contribution in [0.2, 0.25) is 0 Å². The van der Waals surface area contributed by atoms with Gasteiger partial charge in [-0.2, -0.15) is 0 Å². The van der Waals surface area contributed by atoms with Gasteiger partial charge in [0.15, 0.2) is 17.2 Å².